The molecule has 0 saturated carbocycles. The number of carbonyl (C=O) groups is 1. The fourth-order valence-corrected chi connectivity index (χ4v) is 4.27. The first kappa shape index (κ1) is 20.4. The largest absolute Gasteiger partial charge is 0.390 e. The Morgan fingerprint density at radius 3 is 2.75 bits per heavy atom. The molecule has 1 aliphatic heterocycles. The second kappa shape index (κ2) is 8.22. The Bertz CT molecular complexity index is 1360. The van der Waals surface area contributed by atoms with Gasteiger partial charge in [0.2, 0.25) is 0 Å². The van der Waals surface area contributed by atoms with E-state index in [-0.39, 0.29) is 12.5 Å². The van der Waals surface area contributed by atoms with Crippen LogP contribution in [0.25, 0.3) is 10.8 Å². The van der Waals surface area contributed by atoms with Gasteiger partial charge in [-0.3, -0.25) is 9.78 Å². The predicted molar refractivity (Wildman–Crippen MR) is 127 cm³/mol. The first-order valence-electron chi connectivity index (χ1n) is 10.1. The number of fused-ring (bicyclic) bond motifs is 2. The van der Waals surface area contributed by atoms with E-state index < -0.39 is 6.04 Å². The molecule has 4 aromatic rings. The molecule has 7 nitrogen and oxygen atoms in total. The second-order valence-corrected chi connectivity index (χ2v) is 8.55. The number of nitrogens with one attached hydrogen (secondary N) is 2. The molecule has 3 heterocycles. The summed E-state index contributed by atoms with van der Waals surface area (Å²) in [6.07, 6.45) is 3.52. The summed E-state index contributed by atoms with van der Waals surface area (Å²) < 4.78 is 2.70. The summed E-state index contributed by atoms with van der Waals surface area (Å²) in [4.78, 5) is 17.7. The van der Waals surface area contributed by atoms with Crippen molar-refractivity contribution < 1.29 is 9.90 Å². The number of pyridine rings is 1. The van der Waals surface area contributed by atoms with Gasteiger partial charge in [0.1, 0.15) is 11.9 Å². The quantitative estimate of drug-likeness (QED) is 0.389. The number of allylic oxidation sites excluding steroid dienone is 1. The van der Waals surface area contributed by atoms with Crippen LogP contribution in [0, 0.1) is 0 Å². The van der Waals surface area contributed by atoms with Gasteiger partial charge >= 0.3 is 0 Å². The van der Waals surface area contributed by atoms with Gasteiger partial charge in [0.25, 0.3) is 5.91 Å². The average Bonchev–Trinajstić information content (AvgIpc) is 3.21. The van der Waals surface area contributed by atoms with Crippen LogP contribution < -0.4 is 10.6 Å². The number of amides is 1. The highest BCUT2D eigenvalue weighted by Crippen LogP contribution is 2.37. The van der Waals surface area contributed by atoms with Gasteiger partial charge in [-0.15, -0.1) is 0 Å². The minimum atomic E-state index is -0.440. The third kappa shape index (κ3) is 3.68. The Balaban J connectivity index is 1.55. The number of aromatic nitrogens is 3. The van der Waals surface area contributed by atoms with Crippen LogP contribution in [0.2, 0.25) is 0 Å². The first-order chi connectivity index (χ1) is 15.5. The third-order valence-electron chi connectivity index (χ3n) is 5.51. The number of anilines is 2. The van der Waals surface area contributed by atoms with Crippen LogP contribution in [-0.4, -0.2) is 25.8 Å². The molecular weight excluding hydrogens is 470 g/mol. The summed E-state index contributed by atoms with van der Waals surface area (Å²) in [7, 11) is 0. The molecule has 1 amide bonds. The predicted octanol–water partition coefficient (Wildman–Crippen LogP) is 4.61. The van der Waals surface area contributed by atoms with Crippen molar-refractivity contribution in [3.63, 3.8) is 0 Å². The van der Waals surface area contributed by atoms with Gasteiger partial charge in [0, 0.05) is 39.7 Å². The summed E-state index contributed by atoms with van der Waals surface area (Å²) >= 11 is 3.47. The maximum Gasteiger partial charge on any atom is 0.255 e. The molecule has 0 bridgehead atoms. The van der Waals surface area contributed by atoms with Gasteiger partial charge in [0.15, 0.2) is 0 Å². The Morgan fingerprint density at radius 1 is 1.16 bits per heavy atom. The monoisotopic (exact) mass is 489 g/mol. The standard InChI is InChI=1S/C24H20BrN5O2/c1-14-22(24(32)28-19-7-4-17-12-26-9-8-16(17)10-19)23(15-2-5-18(25)6-3-15)30-21(27-14)11-20(13-31)29-30/h2-12,23,27,31H,13H2,1H3,(H,28,32). The SMILES string of the molecule is CC1=C(C(=O)Nc2ccc3cnccc3c2)C(c2ccc(Br)cc2)n2nc(CO)cc2N1. The van der Waals surface area contributed by atoms with E-state index in [1.165, 1.54) is 0 Å². The minimum absolute atomic E-state index is 0.179. The highest BCUT2D eigenvalue weighted by atomic mass is 79.9. The summed E-state index contributed by atoms with van der Waals surface area (Å²) in [6, 6.07) is 16.8. The van der Waals surface area contributed by atoms with E-state index in [0.29, 0.717) is 17.0 Å². The van der Waals surface area contributed by atoms with E-state index in [4.69, 9.17) is 0 Å². The second-order valence-electron chi connectivity index (χ2n) is 7.63. The molecule has 0 fully saturated rings. The fraction of sp³-hybridized carbons (Fsp3) is 0.125. The summed E-state index contributed by atoms with van der Waals surface area (Å²) in [5.74, 6) is 0.511. The van der Waals surface area contributed by atoms with Crippen LogP contribution >= 0.6 is 15.9 Å². The highest BCUT2D eigenvalue weighted by Gasteiger charge is 2.33. The number of aliphatic hydroxyl groups is 1. The Hall–Kier alpha value is -3.49. The third-order valence-corrected chi connectivity index (χ3v) is 6.04. The fourth-order valence-electron chi connectivity index (χ4n) is 4.01. The molecule has 8 heteroatoms. The normalized spacial score (nSPS) is 15.4. The molecule has 1 aliphatic rings. The molecule has 0 saturated heterocycles. The van der Waals surface area contributed by atoms with Gasteiger partial charge in [-0.05, 0) is 48.2 Å². The van der Waals surface area contributed by atoms with Crippen LogP contribution in [0.1, 0.15) is 24.2 Å². The topological polar surface area (TPSA) is 92.1 Å². The zero-order valence-corrected chi connectivity index (χ0v) is 18.8. The van der Waals surface area contributed by atoms with Crippen molar-refractivity contribution >= 4 is 44.1 Å². The molecule has 3 N–H and O–H groups in total. The van der Waals surface area contributed by atoms with Crippen molar-refractivity contribution in [2.75, 3.05) is 10.6 Å². The summed E-state index contributed by atoms with van der Waals surface area (Å²) in [5, 5.41) is 22.4. The number of nitrogens with zero attached hydrogens (tertiary/aromatic N) is 3. The Labute approximate surface area is 192 Å². The van der Waals surface area contributed by atoms with E-state index in [0.717, 1.165) is 32.3 Å². The first-order valence-corrected chi connectivity index (χ1v) is 10.9. The molecule has 2 aromatic heterocycles. The number of benzene rings is 2. The van der Waals surface area contributed by atoms with Gasteiger partial charge < -0.3 is 15.7 Å². The van der Waals surface area contributed by atoms with E-state index in [9.17, 15) is 9.90 Å². The zero-order valence-electron chi connectivity index (χ0n) is 17.2. The van der Waals surface area contributed by atoms with Crippen LogP contribution in [0.4, 0.5) is 11.5 Å². The molecular formula is C24H20BrN5O2. The van der Waals surface area contributed by atoms with Crippen LogP contribution in [0.15, 0.2) is 82.7 Å². The molecule has 1 unspecified atom stereocenters. The van der Waals surface area contributed by atoms with Gasteiger partial charge in [-0.1, -0.05) is 34.1 Å². The van der Waals surface area contributed by atoms with E-state index in [1.807, 2.05) is 55.5 Å². The number of aliphatic hydroxyl groups excluding tert-OH is 1. The van der Waals surface area contributed by atoms with Crippen molar-refractivity contribution in [1.29, 1.82) is 0 Å². The lowest BCUT2D eigenvalue weighted by Gasteiger charge is -2.29. The Morgan fingerprint density at radius 2 is 1.97 bits per heavy atom. The van der Waals surface area contributed by atoms with Crippen molar-refractivity contribution in [3.05, 3.63) is 94.0 Å². The highest BCUT2D eigenvalue weighted by molar-refractivity contribution is 9.10. The van der Waals surface area contributed by atoms with Gasteiger partial charge in [-0.25, -0.2) is 4.68 Å². The molecule has 0 aliphatic carbocycles. The lowest BCUT2D eigenvalue weighted by molar-refractivity contribution is -0.113. The number of rotatable bonds is 4. The minimum Gasteiger partial charge on any atom is -0.390 e. The van der Waals surface area contributed by atoms with Crippen molar-refractivity contribution in [2.24, 2.45) is 0 Å². The zero-order chi connectivity index (χ0) is 22.2. The maximum absolute atomic E-state index is 13.5. The van der Waals surface area contributed by atoms with Crippen LogP contribution in [-0.2, 0) is 11.4 Å². The number of hydrogen-bond donors (Lipinski definition) is 3. The van der Waals surface area contributed by atoms with E-state index in [1.54, 1.807) is 23.1 Å². The molecule has 160 valence electrons. The molecule has 0 radical (unpaired) electrons. The lowest BCUT2D eigenvalue weighted by Crippen LogP contribution is -2.31. The lowest BCUT2D eigenvalue weighted by atomic mass is 9.95. The summed E-state index contributed by atoms with van der Waals surface area (Å²) in [5.41, 5.74) is 3.44. The number of carbonyl (C=O) groups excluding carboxylic acids is 1. The maximum atomic E-state index is 13.5. The smallest absolute Gasteiger partial charge is 0.255 e. The Kier molecular flexibility index (Phi) is 5.24. The van der Waals surface area contributed by atoms with Gasteiger partial charge in [0.05, 0.1) is 17.9 Å². The molecule has 32 heavy (non-hydrogen) atoms. The van der Waals surface area contributed by atoms with E-state index >= 15 is 0 Å². The van der Waals surface area contributed by atoms with Crippen LogP contribution in [0.5, 0.6) is 0 Å². The van der Waals surface area contributed by atoms with Crippen molar-refractivity contribution in [2.45, 2.75) is 19.6 Å². The molecule has 0 spiro atoms. The number of halogens is 1. The molecule has 5 rings (SSSR count). The molecule has 2 aromatic carbocycles. The van der Waals surface area contributed by atoms with E-state index in [2.05, 4.69) is 36.6 Å². The van der Waals surface area contributed by atoms with Gasteiger partial charge in [-0.2, -0.15) is 5.10 Å². The average molecular weight is 490 g/mol. The van der Waals surface area contributed by atoms with Crippen molar-refractivity contribution in [1.82, 2.24) is 14.8 Å². The van der Waals surface area contributed by atoms with Crippen LogP contribution in [0.3, 0.4) is 0 Å². The molecule has 1 atom stereocenters. The number of hydrogen-bond acceptors (Lipinski definition) is 5. The summed E-state index contributed by atoms with van der Waals surface area (Å²) in [6.45, 7) is 1.70. The van der Waals surface area contributed by atoms with Crippen molar-refractivity contribution in [3.8, 4) is 0 Å².